The molecule has 2 aliphatic rings. The third kappa shape index (κ3) is 3.05. The Kier molecular flexibility index (Phi) is 4.15. The zero-order chi connectivity index (χ0) is 14.8. The number of rotatable bonds is 4. The van der Waals surface area contributed by atoms with Gasteiger partial charge in [0.05, 0.1) is 17.8 Å². The van der Waals surface area contributed by atoms with E-state index >= 15 is 0 Å². The Balaban J connectivity index is 1.80. The standard InChI is InChI=1S/C17H24N2O2/c1-3-8-18-16-9-12(2)4-7-15(16)17(20)19-10-13-5-6-14(11-19)21-13/h4,7,9,13-14,18H,3,5-6,8,10-11H2,1-2H3. The van der Waals surface area contributed by atoms with E-state index in [1.165, 1.54) is 5.56 Å². The summed E-state index contributed by atoms with van der Waals surface area (Å²) in [5, 5.41) is 3.38. The number of benzene rings is 1. The fraction of sp³-hybridized carbons (Fsp3) is 0.588. The molecule has 0 aliphatic carbocycles. The fourth-order valence-corrected chi connectivity index (χ4v) is 3.20. The van der Waals surface area contributed by atoms with Crippen molar-refractivity contribution in [3.05, 3.63) is 29.3 Å². The number of carbonyl (C=O) groups is 1. The minimum atomic E-state index is 0.133. The highest BCUT2D eigenvalue weighted by atomic mass is 16.5. The van der Waals surface area contributed by atoms with E-state index in [4.69, 9.17) is 4.74 Å². The number of hydrogen-bond acceptors (Lipinski definition) is 3. The van der Waals surface area contributed by atoms with Crippen LogP contribution in [0.1, 0.15) is 42.1 Å². The minimum absolute atomic E-state index is 0.133. The van der Waals surface area contributed by atoms with Crippen LogP contribution in [0.25, 0.3) is 0 Å². The molecule has 1 N–H and O–H groups in total. The first-order valence-electron chi connectivity index (χ1n) is 7.96. The Hall–Kier alpha value is -1.55. The van der Waals surface area contributed by atoms with Gasteiger partial charge in [-0.2, -0.15) is 0 Å². The third-order valence-electron chi connectivity index (χ3n) is 4.30. The van der Waals surface area contributed by atoms with Crippen LogP contribution in [-0.2, 0) is 4.74 Å². The minimum Gasteiger partial charge on any atom is -0.384 e. The Morgan fingerprint density at radius 1 is 1.33 bits per heavy atom. The molecule has 1 amide bonds. The van der Waals surface area contributed by atoms with Gasteiger partial charge in [-0.15, -0.1) is 0 Å². The number of amides is 1. The highest BCUT2D eigenvalue weighted by Gasteiger charge is 2.36. The number of morpholine rings is 1. The number of nitrogens with zero attached hydrogens (tertiary/aromatic N) is 1. The van der Waals surface area contributed by atoms with Gasteiger partial charge < -0.3 is 15.0 Å². The van der Waals surface area contributed by atoms with Crippen molar-refractivity contribution in [2.45, 2.75) is 45.3 Å². The lowest BCUT2D eigenvalue weighted by molar-refractivity contribution is -0.0303. The summed E-state index contributed by atoms with van der Waals surface area (Å²) in [6.45, 7) is 6.54. The number of fused-ring (bicyclic) bond motifs is 2. The molecular weight excluding hydrogens is 264 g/mol. The molecule has 2 atom stereocenters. The zero-order valence-electron chi connectivity index (χ0n) is 12.9. The Morgan fingerprint density at radius 3 is 2.71 bits per heavy atom. The van der Waals surface area contributed by atoms with Crippen molar-refractivity contribution in [2.75, 3.05) is 25.0 Å². The second-order valence-electron chi connectivity index (χ2n) is 6.14. The van der Waals surface area contributed by atoms with E-state index in [9.17, 15) is 4.79 Å². The van der Waals surface area contributed by atoms with E-state index in [-0.39, 0.29) is 18.1 Å². The monoisotopic (exact) mass is 288 g/mol. The second kappa shape index (κ2) is 6.06. The van der Waals surface area contributed by atoms with Gasteiger partial charge in [-0.05, 0) is 43.9 Å². The number of anilines is 1. The van der Waals surface area contributed by atoms with Gasteiger partial charge in [0, 0.05) is 25.3 Å². The van der Waals surface area contributed by atoms with Gasteiger partial charge >= 0.3 is 0 Å². The highest BCUT2D eigenvalue weighted by molar-refractivity contribution is 5.99. The van der Waals surface area contributed by atoms with Gasteiger partial charge in [0.15, 0.2) is 0 Å². The van der Waals surface area contributed by atoms with Crippen LogP contribution in [0.15, 0.2) is 18.2 Å². The predicted molar refractivity (Wildman–Crippen MR) is 83.8 cm³/mol. The molecule has 0 aromatic heterocycles. The predicted octanol–water partition coefficient (Wildman–Crippen LogP) is 2.82. The Labute approximate surface area is 126 Å². The molecule has 0 saturated carbocycles. The first-order valence-corrected chi connectivity index (χ1v) is 7.96. The molecule has 2 aliphatic heterocycles. The number of likely N-dealkylation sites (tertiary alicyclic amines) is 1. The summed E-state index contributed by atoms with van der Waals surface area (Å²) in [5.74, 6) is 0.133. The smallest absolute Gasteiger partial charge is 0.256 e. The van der Waals surface area contributed by atoms with Crippen molar-refractivity contribution in [3.8, 4) is 0 Å². The summed E-state index contributed by atoms with van der Waals surface area (Å²) in [6, 6.07) is 6.03. The van der Waals surface area contributed by atoms with Gasteiger partial charge in [-0.3, -0.25) is 4.79 Å². The van der Waals surface area contributed by atoms with E-state index in [0.29, 0.717) is 0 Å². The van der Waals surface area contributed by atoms with Crippen molar-refractivity contribution in [2.24, 2.45) is 0 Å². The van der Waals surface area contributed by atoms with Crippen molar-refractivity contribution in [3.63, 3.8) is 0 Å². The maximum atomic E-state index is 12.8. The van der Waals surface area contributed by atoms with Crippen LogP contribution in [0.2, 0.25) is 0 Å². The van der Waals surface area contributed by atoms with Crippen LogP contribution < -0.4 is 5.32 Å². The van der Waals surface area contributed by atoms with Crippen molar-refractivity contribution in [1.82, 2.24) is 4.90 Å². The highest BCUT2D eigenvalue weighted by Crippen LogP contribution is 2.28. The number of carbonyl (C=O) groups excluding carboxylic acids is 1. The Bertz CT molecular complexity index is 518. The summed E-state index contributed by atoms with van der Waals surface area (Å²) in [5.41, 5.74) is 2.92. The molecule has 0 spiro atoms. The maximum absolute atomic E-state index is 12.8. The summed E-state index contributed by atoms with van der Waals surface area (Å²) in [4.78, 5) is 14.8. The number of hydrogen-bond donors (Lipinski definition) is 1. The van der Waals surface area contributed by atoms with Crippen LogP contribution in [0, 0.1) is 6.92 Å². The summed E-state index contributed by atoms with van der Waals surface area (Å²) >= 11 is 0. The number of aryl methyl sites for hydroxylation is 1. The van der Waals surface area contributed by atoms with Crippen LogP contribution >= 0.6 is 0 Å². The van der Waals surface area contributed by atoms with Crippen molar-refractivity contribution < 1.29 is 9.53 Å². The van der Waals surface area contributed by atoms with Gasteiger partial charge in [-0.25, -0.2) is 0 Å². The molecule has 1 aromatic carbocycles. The summed E-state index contributed by atoms with van der Waals surface area (Å²) < 4.78 is 5.82. The molecule has 114 valence electrons. The first-order chi connectivity index (χ1) is 10.2. The fourth-order valence-electron chi connectivity index (χ4n) is 3.20. The molecule has 2 bridgehead atoms. The molecule has 2 fully saturated rings. The quantitative estimate of drug-likeness (QED) is 0.926. The van der Waals surface area contributed by atoms with Crippen LogP contribution in [0.5, 0.6) is 0 Å². The molecular formula is C17H24N2O2. The third-order valence-corrected chi connectivity index (χ3v) is 4.30. The van der Waals surface area contributed by atoms with Crippen LogP contribution in [0.3, 0.4) is 0 Å². The van der Waals surface area contributed by atoms with Gasteiger partial charge in [-0.1, -0.05) is 13.0 Å². The largest absolute Gasteiger partial charge is 0.384 e. The van der Waals surface area contributed by atoms with E-state index in [2.05, 4.69) is 25.2 Å². The molecule has 2 saturated heterocycles. The average molecular weight is 288 g/mol. The molecule has 4 heteroatoms. The topological polar surface area (TPSA) is 41.6 Å². The van der Waals surface area contributed by atoms with Gasteiger partial charge in [0.1, 0.15) is 0 Å². The first kappa shape index (κ1) is 14.4. The molecule has 3 rings (SSSR count). The number of ether oxygens (including phenoxy) is 1. The van der Waals surface area contributed by atoms with Crippen LogP contribution in [-0.4, -0.2) is 42.6 Å². The van der Waals surface area contributed by atoms with Gasteiger partial charge in [0.2, 0.25) is 0 Å². The Morgan fingerprint density at radius 2 is 2.05 bits per heavy atom. The van der Waals surface area contributed by atoms with Crippen LogP contribution in [0.4, 0.5) is 5.69 Å². The van der Waals surface area contributed by atoms with E-state index in [0.717, 1.165) is 50.1 Å². The maximum Gasteiger partial charge on any atom is 0.256 e. The average Bonchev–Trinajstić information content (AvgIpc) is 2.83. The normalized spacial score (nSPS) is 24.2. The summed E-state index contributed by atoms with van der Waals surface area (Å²) in [6.07, 6.45) is 3.70. The van der Waals surface area contributed by atoms with Crippen molar-refractivity contribution in [1.29, 1.82) is 0 Å². The van der Waals surface area contributed by atoms with E-state index in [1.807, 2.05) is 17.0 Å². The molecule has 1 aromatic rings. The lowest BCUT2D eigenvalue weighted by Gasteiger charge is -2.32. The molecule has 21 heavy (non-hydrogen) atoms. The zero-order valence-corrected chi connectivity index (χ0v) is 12.9. The van der Waals surface area contributed by atoms with Gasteiger partial charge in [0.25, 0.3) is 5.91 Å². The second-order valence-corrected chi connectivity index (χ2v) is 6.14. The molecule has 4 nitrogen and oxygen atoms in total. The lowest BCUT2D eigenvalue weighted by atomic mass is 10.1. The SMILES string of the molecule is CCCNc1cc(C)ccc1C(=O)N1CC2CCC(C1)O2. The summed E-state index contributed by atoms with van der Waals surface area (Å²) in [7, 11) is 0. The lowest BCUT2D eigenvalue weighted by Crippen LogP contribution is -2.46. The molecule has 2 unspecified atom stereocenters. The molecule has 0 radical (unpaired) electrons. The molecule has 2 heterocycles. The van der Waals surface area contributed by atoms with E-state index in [1.54, 1.807) is 0 Å². The number of nitrogens with one attached hydrogen (secondary N) is 1. The van der Waals surface area contributed by atoms with E-state index < -0.39 is 0 Å². The van der Waals surface area contributed by atoms with Crippen molar-refractivity contribution >= 4 is 11.6 Å².